The number of rotatable bonds is 47. The molecule has 2 heterocycles. The van der Waals surface area contributed by atoms with Crippen LogP contribution < -0.4 is 5.32 Å². The molecule has 0 aromatic rings. The molecular formula is C58H109NO13. The van der Waals surface area contributed by atoms with Crippen molar-refractivity contribution < 1.29 is 64.6 Å². The lowest BCUT2D eigenvalue weighted by molar-refractivity contribution is -0.359. The van der Waals surface area contributed by atoms with Crippen LogP contribution in [0.2, 0.25) is 0 Å². The van der Waals surface area contributed by atoms with Gasteiger partial charge >= 0.3 is 0 Å². The summed E-state index contributed by atoms with van der Waals surface area (Å²) in [5.41, 5.74) is 0. The van der Waals surface area contributed by atoms with Crippen LogP contribution in [0, 0.1) is 0 Å². The van der Waals surface area contributed by atoms with Gasteiger partial charge in [0, 0.05) is 6.42 Å². The molecule has 0 radical (unpaired) electrons. The third-order valence-electron chi connectivity index (χ3n) is 14.6. The fourth-order valence-corrected chi connectivity index (χ4v) is 9.84. The molecule has 12 unspecified atom stereocenters. The van der Waals surface area contributed by atoms with E-state index in [1.165, 1.54) is 180 Å². The van der Waals surface area contributed by atoms with E-state index in [1.54, 1.807) is 6.08 Å². The van der Waals surface area contributed by atoms with Crippen LogP contribution in [0.3, 0.4) is 0 Å². The molecule has 12 atom stereocenters. The first-order valence-corrected chi connectivity index (χ1v) is 29.6. The van der Waals surface area contributed by atoms with E-state index in [4.69, 9.17) is 18.9 Å². The molecule has 9 N–H and O–H groups in total. The van der Waals surface area contributed by atoms with Gasteiger partial charge in [0.1, 0.15) is 48.8 Å². The van der Waals surface area contributed by atoms with Gasteiger partial charge in [-0.3, -0.25) is 4.79 Å². The fourth-order valence-electron chi connectivity index (χ4n) is 9.84. The predicted molar refractivity (Wildman–Crippen MR) is 286 cm³/mol. The second-order valence-electron chi connectivity index (χ2n) is 21.1. The molecule has 2 fully saturated rings. The van der Waals surface area contributed by atoms with Crippen molar-refractivity contribution in [3.63, 3.8) is 0 Å². The highest BCUT2D eigenvalue weighted by Gasteiger charge is 2.51. The van der Waals surface area contributed by atoms with Crippen molar-refractivity contribution in [3.05, 3.63) is 24.3 Å². The summed E-state index contributed by atoms with van der Waals surface area (Å²) in [6, 6.07) is -0.927. The summed E-state index contributed by atoms with van der Waals surface area (Å²) >= 11 is 0. The monoisotopic (exact) mass is 1030 g/mol. The zero-order chi connectivity index (χ0) is 52.4. The number of nitrogens with one attached hydrogen (secondary N) is 1. The summed E-state index contributed by atoms with van der Waals surface area (Å²) in [4.78, 5) is 13.2. The summed E-state index contributed by atoms with van der Waals surface area (Å²) in [5.74, 6) is -0.246. The maximum absolute atomic E-state index is 13.2. The number of ether oxygens (including phenoxy) is 4. The summed E-state index contributed by atoms with van der Waals surface area (Å²) in [6.07, 6.45) is 35.0. The van der Waals surface area contributed by atoms with E-state index in [0.717, 1.165) is 32.1 Å². The first-order chi connectivity index (χ1) is 35.1. The van der Waals surface area contributed by atoms with Gasteiger partial charge in [-0.05, 0) is 32.1 Å². The van der Waals surface area contributed by atoms with Crippen LogP contribution in [-0.4, -0.2) is 140 Å². The zero-order valence-electron chi connectivity index (χ0n) is 45.4. The van der Waals surface area contributed by atoms with Crippen LogP contribution in [0.1, 0.15) is 245 Å². The molecule has 0 aromatic carbocycles. The number of allylic oxidation sites excluding steroid dienone is 3. The molecule has 424 valence electrons. The van der Waals surface area contributed by atoms with Gasteiger partial charge in [0.25, 0.3) is 0 Å². The number of amides is 1. The lowest BCUT2D eigenvalue weighted by Crippen LogP contribution is -2.65. The molecule has 0 aliphatic carbocycles. The Labute approximate surface area is 437 Å². The van der Waals surface area contributed by atoms with Crippen molar-refractivity contribution in [1.29, 1.82) is 0 Å². The van der Waals surface area contributed by atoms with Crippen molar-refractivity contribution in [2.24, 2.45) is 0 Å². The molecule has 2 rings (SSSR count). The average molecular weight is 1030 g/mol. The Balaban J connectivity index is 1.79. The van der Waals surface area contributed by atoms with Crippen molar-refractivity contribution in [2.45, 2.75) is 319 Å². The Kier molecular flexibility index (Phi) is 41.2. The van der Waals surface area contributed by atoms with Gasteiger partial charge in [-0.1, -0.05) is 231 Å². The Hall–Kier alpha value is -1.53. The minimum Gasteiger partial charge on any atom is -0.394 e. The maximum Gasteiger partial charge on any atom is 0.220 e. The molecule has 0 bridgehead atoms. The second-order valence-corrected chi connectivity index (χ2v) is 21.1. The molecule has 0 aromatic heterocycles. The maximum atomic E-state index is 13.2. The van der Waals surface area contributed by atoms with Crippen molar-refractivity contribution in [1.82, 2.24) is 5.32 Å². The predicted octanol–water partition coefficient (Wildman–Crippen LogP) is 9.67. The van der Waals surface area contributed by atoms with Crippen molar-refractivity contribution in [3.8, 4) is 0 Å². The number of hydrogen-bond acceptors (Lipinski definition) is 13. The number of unbranched alkanes of at least 4 members (excludes halogenated alkanes) is 32. The van der Waals surface area contributed by atoms with Crippen LogP contribution in [0.5, 0.6) is 0 Å². The van der Waals surface area contributed by atoms with Crippen LogP contribution in [0.15, 0.2) is 24.3 Å². The smallest absolute Gasteiger partial charge is 0.220 e. The Morgan fingerprint density at radius 2 is 0.889 bits per heavy atom. The van der Waals surface area contributed by atoms with E-state index >= 15 is 0 Å². The fraction of sp³-hybridized carbons (Fsp3) is 0.914. The van der Waals surface area contributed by atoms with E-state index in [9.17, 15) is 45.6 Å². The number of hydrogen-bond donors (Lipinski definition) is 9. The molecule has 72 heavy (non-hydrogen) atoms. The van der Waals surface area contributed by atoms with Crippen LogP contribution in [-0.2, 0) is 23.7 Å². The first kappa shape index (κ1) is 66.6. The largest absolute Gasteiger partial charge is 0.394 e. The standard InChI is InChI=1S/C58H109NO13/c1-3-5-7-9-11-13-15-17-19-21-22-23-24-25-26-27-29-31-33-35-37-39-41-47(62)46(59-50(63)42-40-38-36-34-32-30-28-20-18-16-14-12-10-8-6-4-2)45-69-57-55(68)53(66)56(49(44-61)71-57)72-58-54(67)52(65)51(64)48(43-60)70-58/h31,33,39,41,46-49,51-58,60-62,64-68H,3-30,32,34-38,40,42-45H2,1-2H3,(H,59,63)/b33-31+,41-39+. The van der Waals surface area contributed by atoms with E-state index in [-0.39, 0.29) is 18.9 Å². The summed E-state index contributed by atoms with van der Waals surface area (Å²) in [6.45, 7) is 2.80. The molecule has 2 aliphatic rings. The Bertz CT molecular complexity index is 1300. The summed E-state index contributed by atoms with van der Waals surface area (Å²) in [5, 5.41) is 87.0. The molecule has 2 saturated heterocycles. The van der Waals surface area contributed by atoms with Crippen LogP contribution in [0.25, 0.3) is 0 Å². The summed E-state index contributed by atoms with van der Waals surface area (Å²) in [7, 11) is 0. The van der Waals surface area contributed by atoms with Crippen LogP contribution >= 0.6 is 0 Å². The molecule has 1 amide bonds. The van der Waals surface area contributed by atoms with Crippen molar-refractivity contribution in [2.75, 3.05) is 19.8 Å². The lowest BCUT2D eigenvalue weighted by Gasteiger charge is -2.46. The van der Waals surface area contributed by atoms with E-state index < -0.39 is 86.8 Å². The van der Waals surface area contributed by atoms with Gasteiger partial charge in [-0.15, -0.1) is 0 Å². The number of carbonyl (C=O) groups excluding carboxylic acids is 1. The zero-order valence-corrected chi connectivity index (χ0v) is 45.4. The number of aliphatic hydroxyl groups excluding tert-OH is 8. The van der Waals surface area contributed by atoms with Gasteiger partial charge in [0.2, 0.25) is 5.91 Å². The van der Waals surface area contributed by atoms with Crippen LogP contribution in [0.4, 0.5) is 0 Å². The molecule has 14 heteroatoms. The third-order valence-corrected chi connectivity index (χ3v) is 14.6. The van der Waals surface area contributed by atoms with Gasteiger partial charge < -0.3 is 65.1 Å². The first-order valence-electron chi connectivity index (χ1n) is 29.6. The van der Waals surface area contributed by atoms with E-state index in [2.05, 4.69) is 31.3 Å². The van der Waals surface area contributed by atoms with Gasteiger partial charge in [-0.25, -0.2) is 0 Å². The minimum absolute atomic E-state index is 0.246. The second kappa shape index (κ2) is 44.6. The minimum atomic E-state index is -1.79. The quantitative estimate of drug-likeness (QED) is 0.0205. The molecular weight excluding hydrogens is 919 g/mol. The Morgan fingerprint density at radius 3 is 1.36 bits per heavy atom. The Morgan fingerprint density at radius 1 is 0.486 bits per heavy atom. The molecule has 0 saturated carbocycles. The van der Waals surface area contributed by atoms with Gasteiger partial charge in [-0.2, -0.15) is 0 Å². The third kappa shape index (κ3) is 30.3. The number of carbonyl (C=O) groups is 1. The lowest BCUT2D eigenvalue weighted by atomic mass is 9.97. The van der Waals surface area contributed by atoms with Gasteiger partial charge in [0.15, 0.2) is 12.6 Å². The van der Waals surface area contributed by atoms with E-state index in [1.807, 2.05) is 6.08 Å². The summed E-state index contributed by atoms with van der Waals surface area (Å²) < 4.78 is 22.8. The number of aliphatic hydroxyl groups is 8. The molecule has 2 aliphatic heterocycles. The average Bonchev–Trinajstić information content (AvgIpc) is 3.38. The topological polar surface area (TPSA) is 228 Å². The highest BCUT2D eigenvalue weighted by molar-refractivity contribution is 5.76. The molecule has 14 nitrogen and oxygen atoms in total. The van der Waals surface area contributed by atoms with Gasteiger partial charge in [0.05, 0.1) is 32.0 Å². The normalized spacial score (nSPS) is 25.7. The van der Waals surface area contributed by atoms with Crippen molar-refractivity contribution >= 4 is 5.91 Å². The SMILES string of the molecule is CCCCCCCCCCCCCCCCCC/C=C/CC/C=C/C(O)C(COC1OC(CO)C(OC2OC(CO)C(O)C(O)C2O)C(O)C1O)NC(=O)CCCCCCCCCCCCCCCCCC. The highest BCUT2D eigenvalue weighted by Crippen LogP contribution is 2.30. The highest BCUT2D eigenvalue weighted by atomic mass is 16.7. The van der Waals surface area contributed by atoms with E-state index in [0.29, 0.717) is 12.8 Å². The molecule has 0 spiro atoms.